The maximum Gasteiger partial charge on any atom is 0.414 e. The third-order valence-corrected chi connectivity index (χ3v) is 10.2. The van der Waals surface area contributed by atoms with Crippen molar-refractivity contribution < 1.29 is 41.1 Å². The number of nitrogens with zero attached hydrogens (tertiary/aromatic N) is 1. The maximum absolute atomic E-state index is 13.8. The number of hydrogen-bond acceptors (Lipinski definition) is 9. The lowest BCUT2D eigenvalue weighted by Gasteiger charge is -2.37. The molecule has 1 aliphatic heterocycles. The summed E-state index contributed by atoms with van der Waals surface area (Å²) >= 11 is 0. The quantitative estimate of drug-likeness (QED) is 0.372. The molecule has 14 heteroatoms. The first-order valence-corrected chi connectivity index (χ1v) is 16.3. The molecule has 226 valence electrons. The van der Waals surface area contributed by atoms with E-state index in [1.165, 1.54) is 49.4 Å². The van der Waals surface area contributed by atoms with Crippen molar-refractivity contribution in [1.29, 1.82) is 0 Å². The maximum atomic E-state index is 13.8. The number of carbonyl (C=O) groups excluding carboxylic acids is 2. The molecule has 0 saturated carbocycles. The van der Waals surface area contributed by atoms with Crippen LogP contribution < -0.4 is 10.0 Å². The van der Waals surface area contributed by atoms with Crippen LogP contribution in [0.3, 0.4) is 0 Å². The Bertz CT molecular complexity index is 1460. The molecule has 1 aliphatic carbocycles. The van der Waals surface area contributed by atoms with Gasteiger partial charge in [-0.1, -0.05) is 39.0 Å². The molecule has 2 aliphatic rings. The van der Waals surface area contributed by atoms with Crippen molar-refractivity contribution in [3.8, 4) is 0 Å². The number of sulfonamides is 1. The van der Waals surface area contributed by atoms with E-state index in [0.717, 1.165) is 5.56 Å². The number of ketones is 1. The first-order valence-electron chi connectivity index (χ1n) is 13.0. The molecule has 1 amide bonds. The van der Waals surface area contributed by atoms with E-state index in [1.54, 1.807) is 12.1 Å². The van der Waals surface area contributed by atoms with Crippen molar-refractivity contribution in [3.63, 3.8) is 0 Å². The number of Topliss-reactive ketones (excluding diaryl/α,β-unsaturated/α-hetero) is 1. The van der Waals surface area contributed by atoms with Gasteiger partial charge in [-0.25, -0.2) is 21.6 Å². The monoisotopic (exact) mass is 611 g/mol. The van der Waals surface area contributed by atoms with E-state index in [2.05, 4.69) is 10.0 Å². The van der Waals surface area contributed by atoms with Crippen LogP contribution in [0.5, 0.6) is 0 Å². The summed E-state index contributed by atoms with van der Waals surface area (Å²) in [6.45, 7) is 5.95. The first-order chi connectivity index (χ1) is 18.9. The van der Waals surface area contributed by atoms with Crippen LogP contribution in [0, 0.1) is 5.41 Å². The van der Waals surface area contributed by atoms with Crippen LogP contribution in [0.4, 0.5) is 4.79 Å². The summed E-state index contributed by atoms with van der Waals surface area (Å²) in [4.78, 5) is 39.2. The Balaban J connectivity index is 1.93. The molecule has 2 unspecified atom stereocenters. The minimum absolute atomic E-state index is 0.0413. The van der Waals surface area contributed by atoms with Crippen LogP contribution in [-0.4, -0.2) is 88.9 Å². The number of sulfone groups is 1. The van der Waals surface area contributed by atoms with Gasteiger partial charge in [-0.3, -0.25) is 9.59 Å². The number of amides is 1. The van der Waals surface area contributed by atoms with Gasteiger partial charge in [0.05, 0.1) is 27.9 Å². The van der Waals surface area contributed by atoms with Crippen LogP contribution in [0.25, 0.3) is 0 Å². The summed E-state index contributed by atoms with van der Waals surface area (Å²) in [6.07, 6.45) is 2.78. The summed E-state index contributed by atoms with van der Waals surface area (Å²) in [7, 11) is -4.88. The normalized spacial score (nSPS) is 23.2. The van der Waals surface area contributed by atoms with Gasteiger partial charge in [0.1, 0.15) is 11.8 Å². The second-order valence-corrected chi connectivity index (χ2v) is 15.5. The summed E-state index contributed by atoms with van der Waals surface area (Å²) < 4.78 is 58.4. The zero-order valence-electron chi connectivity index (χ0n) is 23.7. The molecule has 3 atom stereocenters. The Labute approximate surface area is 240 Å². The van der Waals surface area contributed by atoms with E-state index >= 15 is 0 Å². The number of allylic oxidation sites excluding steroid dienone is 3. The fourth-order valence-corrected chi connectivity index (χ4v) is 7.16. The molecule has 1 aromatic carbocycles. The number of rotatable bonds is 9. The largest absolute Gasteiger partial charge is 0.480 e. The fourth-order valence-electron chi connectivity index (χ4n) is 4.60. The summed E-state index contributed by atoms with van der Waals surface area (Å²) in [5, 5.41) is 12.9. The highest BCUT2D eigenvalue weighted by atomic mass is 32.2. The second kappa shape index (κ2) is 12.0. The van der Waals surface area contributed by atoms with E-state index in [1.807, 2.05) is 20.8 Å². The van der Waals surface area contributed by atoms with E-state index < -0.39 is 67.4 Å². The van der Waals surface area contributed by atoms with Crippen LogP contribution >= 0.6 is 0 Å². The van der Waals surface area contributed by atoms with Crippen LogP contribution in [-0.2, 0) is 39.6 Å². The van der Waals surface area contributed by atoms with Crippen LogP contribution in [0.2, 0.25) is 0 Å². The standard InChI is InChI=1S/C27H37N3O9S2/c1-26(2,3)18-6-8-20(9-7-18)41(37,38)29-21(24(32)33)16-27(23(31)22-17-40(35,36)15-14-28-22)12-10-19(11-13-27)39-25(34)30(4)5/h6-12,21-22,28-29H,13-17H2,1-5H3,(H,32,33)/t21-,22?,27?/m0/s1. The van der Waals surface area contributed by atoms with Gasteiger partial charge in [-0.05, 0) is 48.1 Å². The van der Waals surface area contributed by atoms with Crippen LogP contribution in [0.1, 0.15) is 39.2 Å². The van der Waals surface area contributed by atoms with Crippen molar-refractivity contribution in [2.24, 2.45) is 5.41 Å². The van der Waals surface area contributed by atoms with Crippen molar-refractivity contribution in [3.05, 3.63) is 53.8 Å². The van der Waals surface area contributed by atoms with E-state index in [9.17, 15) is 36.3 Å². The van der Waals surface area contributed by atoms with Gasteiger partial charge in [0.15, 0.2) is 15.6 Å². The smallest absolute Gasteiger partial charge is 0.414 e. The summed E-state index contributed by atoms with van der Waals surface area (Å²) in [6, 6.07) is 3.19. The van der Waals surface area contributed by atoms with Crippen molar-refractivity contribution in [1.82, 2.24) is 14.9 Å². The van der Waals surface area contributed by atoms with E-state index in [4.69, 9.17) is 4.74 Å². The SMILES string of the molecule is CN(C)C(=O)OC1=CCC(C[C@H](NS(=O)(=O)c2ccc(C(C)(C)C)cc2)C(=O)O)(C(=O)C2CS(=O)(=O)CCN2)C=C1. The topological polar surface area (TPSA) is 176 Å². The molecule has 0 spiro atoms. The Morgan fingerprint density at radius 1 is 1.20 bits per heavy atom. The highest BCUT2D eigenvalue weighted by Gasteiger charge is 2.46. The predicted octanol–water partition coefficient (Wildman–Crippen LogP) is 1.59. The number of hydrogen-bond donors (Lipinski definition) is 3. The van der Waals surface area contributed by atoms with Crippen molar-refractivity contribution in [2.75, 3.05) is 32.1 Å². The third-order valence-electron chi connectivity index (χ3n) is 7.03. The number of carboxylic acid groups (broad SMARTS) is 1. The highest BCUT2D eigenvalue weighted by molar-refractivity contribution is 7.91. The number of nitrogens with one attached hydrogen (secondary N) is 2. The van der Waals surface area contributed by atoms with E-state index in [0.29, 0.717) is 0 Å². The molecule has 1 fully saturated rings. The van der Waals surface area contributed by atoms with Gasteiger partial charge in [0.25, 0.3) is 0 Å². The molecule has 0 bridgehead atoms. The lowest BCUT2D eigenvalue weighted by atomic mass is 9.71. The van der Waals surface area contributed by atoms with Gasteiger partial charge >= 0.3 is 12.1 Å². The number of ether oxygens (including phenoxy) is 1. The molecule has 1 saturated heterocycles. The molecule has 3 rings (SSSR count). The lowest BCUT2D eigenvalue weighted by Crippen LogP contribution is -2.56. The third kappa shape index (κ3) is 8.03. The molecule has 0 aromatic heterocycles. The van der Waals surface area contributed by atoms with Gasteiger partial charge in [0, 0.05) is 20.6 Å². The van der Waals surface area contributed by atoms with Gasteiger partial charge in [0.2, 0.25) is 10.0 Å². The summed E-state index contributed by atoms with van der Waals surface area (Å²) in [5.41, 5.74) is -0.955. The number of aliphatic carboxylic acids is 1. The molecule has 0 radical (unpaired) electrons. The lowest BCUT2D eigenvalue weighted by molar-refractivity contribution is -0.140. The Morgan fingerprint density at radius 2 is 1.83 bits per heavy atom. The molecular weight excluding hydrogens is 574 g/mol. The summed E-state index contributed by atoms with van der Waals surface area (Å²) in [5.74, 6) is -2.63. The second-order valence-electron chi connectivity index (χ2n) is 11.5. The Kier molecular flexibility index (Phi) is 9.53. The number of carbonyl (C=O) groups is 3. The Hall–Kier alpha value is -3.07. The molecular formula is C27H37N3O9S2. The molecule has 1 aromatic rings. The zero-order valence-corrected chi connectivity index (χ0v) is 25.3. The highest BCUT2D eigenvalue weighted by Crippen LogP contribution is 2.38. The molecule has 12 nitrogen and oxygen atoms in total. The van der Waals surface area contributed by atoms with Crippen LogP contribution in [0.15, 0.2) is 53.1 Å². The average Bonchev–Trinajstić information content (AvgIpc) is 2.87. The number of benzene rings is 1. The van der Waals surface area contributed by atoms with Gasteiger partial charge in [-0.15, -0.1) is 0 Å². The van der Waals surface area contributed by atoms with E-state index in [-0.39, 0.29) is 34.8 Å². The molecule has 3 N–H and O–H groups in total. The minimum Gasteiger partial charge on any atom is -0.480 e. The molecule has 41 heavy (non-hydrogen) atoms. The predicted molar refractivity (Wildman–Crippen MR) is 151 cm³/mol. The van der Waals surface area contributed by atoms with Crippen molar-refractivity contribution in [2.45, 2.75) is 56.0 Å². The Morgan fingerprint density at radius 3 is 2.32 bits per heavy atom. The molecule has 1 heterocycles. The minimum atomic E-state index is -4.32. The van der Waals surface area contributed by atoms with Gasteiger partial charge in [-0.2, -0.15) is 4.72 Å². The van der Waals surface area contributed by atoms with Crippen molar-refractivity contribution >= 4 is 37.7 Å². The van der Waals surface area contributed by atoms with Gasteiger partial charge < -0.3 is 20.1 Å². The average molecular weight is 612 g/mol. The zero-order chi connectivity index (χ0) is 30.8. The number of carboxylic acids is 1. The fraction of sp³-hybridized carbons (Fsp3) is 0.519. The first kappa shape index (κ1) is 32.4.